The van der Waals surface area contributed by atoms with Gasteiger partial charge in [0.05, 0.1) is 23.3 Å². The van der Waals surface area contributed by atoms with Gasteiger partial charge in [-0.25, -0.2) is 0 Å². The Morgan fingerprint density at radius 1 is 1.11 bits per heavy atom. The third kappa shape index (κ3) is 4.96. The molecule has 2 aliphatic heterocycles. The van der Waals surface area contributed by atoms with Crippen molar-refractivity contribution in [1.29, 1.82) is 0 Å². The first-order valence-electron chi connectivity index (χ1n) is 12.7. The Morgan fingerprint density at radius 2 is 1.86 bits per heavy atom. The molecule has 190 valence electrons. The van der Waals surface area contributed by atoms with Gasteiger partial charge in [0.1, 0.15) is 0 Å². The molecule has 0 bridgehead atoms. The molecule has 1 fully saturated rings. The summed E-state index contributed by atoms with van der Waals surface area (Å²) in [4.78, 5) is 21.9. The second kappa shape index (κ2) is 9.98. The average Bonchev–Trinajstić information content (AvgIpc) is 3.22. The Labute approximate surface area is 224 Å². The zero-order chi connectivity index (χ0) is 26.2. The summed E-state index contributed by atoms with van der Waals surface area (Å²) < 4.78 is 0. The Morgan fingerprint density at radius 3 is 2.59 bits per heavy atom. The number of rotatable bonds is 6. The molecular formula is C30H33N5OS. The summed E-state index contributed by atoms with van der Waals surface area (Å²) in [6, 6.07) is 21.9. The number of nitrogens with one attached hydrogen (secondary N) is 2. The van der Waals surface area contributed by atoms with Crippen LogP contribution in [0, 0.1) is 0 Å². The van der Waals surface area contributed by atoms with Crippen molar-refractivity contribution in [2.45, 2.75) is 44.8 Å². The minimum atomic E-state index is -0.119. The lowest BCUT2D eigenvalue weighted by molar-refractivity contribution is -0.116. The number of benzene rings is 2. The fraction of sp³-hybridized carbons (Fsp3) is 0.300. The van der Waals surface area contributed by atoms with Crippen LogP contribution in [0.1, 0.15) is 56.1 Å². The number of carbonyl (C=O) groups excluding carboxylic acids is 1. The van der Waals surface area contributed by atoms with Gasteiger partial charge < -0.3 is 20.4 Å². The number of allylic oxidation sites excluding steroid dienone is 1. The van der Waals surface area contributed by atoms with Crippen LogP contribution in [0.3, 0.4) is 0 Å². The molecule has 5 rings (SSSR count). The molecule has 2 aliphatic rings. The van der Waals surface area contributed by atoms with Gasteiger partial charge in [0.25, 0.3) is 0 Å². The van der Waals surface area contributed by atoms with E-state index in [1.54, 1.807) is 0 Å². The van der Waals surface area contributed by atoms with Gasteiger partial charge in [0, 0.05) is 43.1 Å². The quantitative estimate of drug-likeness (QED) is 0.413. The molecule has 6 nitrogen and oxygen atoms in total. The molecule has 0 aliphatic carbocycles. The number of para-hydroxylation sites is 1. The number of nitrogens with zero attached hydrogens (tertiary/aromatic N) is 3. The van der Waals surface area contributed by atoms with Crippen molar-refractivity contribution in [2.75, 3.05) is 23.8 Å². The molecule has 1 saturated heterocycles. The summed E-state index contributed by atoms with van der Waals surface area (Å²) in [5.41, 5.74) is 6.51. The van der Waals surface area contributed by atoms with Crippen molar-refractivity contribution in [1.82, 2.24) is 15.2 Å². The van der Waals surface area contributed by atoms with Crippen LogP contribution in [0.25, 0.3) is 5.57 Å². The molecule has 37 heavy (non-hydrogen) atoms. The zero-order valence-electron chi connectivity index (χ0n) is 21.7. The molecule has 1 amide bonds. The van der Waals surface area contributed by atoms with E-state index in [9.17, 15) is 4.79 Å². The van der Waals surface area contributed by atoms with Crippen molar-refractivity contribution in [2.24, 2.45) is 0 Å². The summed E-state index contributed by atoms with van der Waals surface area (Å²) in [5.74, 6) is -0.0397. The number of fused-ring (bicyclic) bond motifs is 1. The van der Waals surface area contributed by atoms with Crippen LogP contribution in [0.2, 0.25) is 0 Å². The lowest BCUT2D eigenvalue weighted by Gasteiger charge is -2.41. The highest BCUT2D eigenvalue weighted by molar-refractivity contribution is 7.80. The molecule has 7 heteroatoms. The van der Waals surface area contributed by atoms with E-state index in [2.05, 4.69) is 77.5 Å². The van der Waals surface area contributed by atoms with E-state index in [0.29, 0.717) is 18.1 Å². The Balaban J connectivity index is 1.46. The number of thiocarbonyl (C=S) groups is 1. The average molecular weight is 512 g/mol. The van der Waals surface area contributed by atoms with E-state index >= 15 is 0 Å². The lowest BCUT2D eigenvalue weighted by Crippen LogP contribution is -2.42. The van der Waals surface area contributed by atoms with Crippen LogP contribution in [0.4, 0.5) is 11.4 Å². The van der Waals surface area contributed by atoms with Crippen LogP contribution in [-0.4, -0.2) is 40.0 Å². The van der Waals surface area contributed by atoms with E-state index < -0.39 is 0 Å². The lowest BCUT2D eigenvalue weighted by atomic mass is 9.86. The van der Waals surface area contributed by atoms with Gasteiger partial charge in [-0.2, -0.15) is 0 Å². The third-order valence-electron chi connectivity index (χ3n) is 7.42. The van der Waals surface area contributed by atoms with E-state index in [1.165, 1.54) is 16.8 Å². The summed E-state index contributed by atoms with van der Waals surface area (Å²) in [6.45, 7) is 7.13. The van der Waals surface area contributed by atoms with Gasteiger partial charge in [-0.05, 0) is 80.5 Å². The minimum absolute atomic E-state index is 0.0397. The fourth-order valence-electron chi connectivity index (χ4n) is 5.34. The van der Waals surface area contributed by atoms with E-state index in [-0.39, 0.29) is 23.5 Å². The molecule has 1 aromatic heterocycles. The van der Waals surface area contributed by atoms with Crippen LogP contribution < -0.4 is 15.5 Å². The zero-order valence-corrected chi connectivity index (χ0v) is 22.5. The number of likely N-dealkylation sites (N-methyl/N-ethyl adjacent to an activating group) is 1. The first kappa shape index (κ1) is 25.0. The fourth-order valence-corrected chi connectivity index (χ4v) is 5.67. The molecule has 2 aromatic carbocycles. The Bertz CT molecular complexity index is 1340. The van der Waals surface area contributed by atoms with Crippen LogP contribution in [-0.2, 0) is 4.79 Å². The van der Waals surface area contributed by atoms with Crippen molar-refractivity contribution in [3.8, 4) is 0 Å². The van der Waals surface area contributed by atoms with E-state index in [1.807, 2.05) is 54.7 Å². The Kier molecular flexibility index (Phi) is 6.73. The number of pyridine rings is 1. The molecule has 0 spiro atoms. The molecule has 0 saturated carbocycles. The molecule has 0 radical (unpaired) electrons. The molecule has 0 unspecified atom stereocenters. The van der Waals surface area contributed by atoms with Crippen molar-refractivity contribution < 1.29 is 4.79 Å². The standard InChI is InChI=1S/C30H33N5OS/c1-20-19-30(2,3)34(4)25-14-13-21(18-23(20)25)28-27(24-12-8-9-16-31-24)33-29(37)35(28)17-15-26(36)32-22-10-6-5-7-11-22/h5-14,16,18-19,27-28H,15,17H2,1-4H3,(H,32,36)(H,33,37)/t27-,28+/m1/s1. The molecule has 2 N–H and O–H groups in total. The normalized spacial score (nSPS) is 20.2. The van der Waals surface area contributed by atoms with Gasteiger partial charge in [-0.15, -0.1) is 0 Å². The topological polar surface area (TPSA) is 60.5 Å². The van der Waals surface area contributed by atoms with Crippen LogP contribution in [0.15, 0.2) is 79.0 Å². The number of aromatic nitrogens is 1. The van der Waals surface area contributed by atoms with Gasteiger partial charge in [-0.1, -0.05) is 36.4 Å². The Hall–Kier alpha value is -3.71. The molecule has 3 aromatic rings. The third-order valence-corrected chi connectivity index (χ3v) is 7.77. The maximum atomic E-state index is 12.8. The maximum absolute atomic E-state index is 12.8. The summed E-state index contributed by atoms with van der Waals surface area (Å²) in [7, 11) is 2.14. The summed E-state index contributed by atoms with van der Waals surface area (Å²) >= 11 is 5.80. The SMILES string of the molecule is CC1=CC(C)(C)N(C)c2ccc([C@H]3[C@@H](c4ccccn4)NC(=S)N3CCC(=O)Nc3ccccc3)cc21. The van der Waals surface area contributed by atoms with E-state index in [0.717, 1.165) is 16.9 Å². The van der Waals surface area contributed by atoms with Crippen molar-refractivity contribution in [3.63, 3.8) is 0 Å². The largest absolute Gasteiger partial charge is 0.366 e. The number of anilines is 2. The van der Waals surface area contributed by atoms with E-state index in [4.69, 9.17) is 12.2 Å². The first-order valence-corrected chi connectivity index (χ1v) is 13.1. The van der Waals surface area contributed by atoms with Gasteiger partial charge in [0.15, 0.2) is 5.11 Å². The van der Waals surface area contributed by atoms with Crippen molar-refractivity contribution in [3.05, 3.63) is 95.8 Å². The van der Waals surface area contributed by atoms with Gasteiger partial charge in [-0.3, -0.25) is 9.78 Å². The smallest absolute Gasteiger partial charge is 0.226 e. The van der Waals surface area contributed by atoms with Crippen LogP contribution >= 0.6 is 12.2 Å². The number of amides is 1. The summed E-state index contributed by atoms with van der Waals surface area (Å²) in [5, 5.41) is 7.11. The maximum Gasteiger partial charge on any atom is 0.226 e. The van der Waals surface area contributed by atoms with Crippen LogP contribution in [0.5, 0.6) is 0 Å². The number of carbonyl (C=O) groups is 1. The highest BCUT2D eigenvalue weighted by atomic mass is 32.1. The highest BCUT2D eigenvalue weighted by Gasteiger charge is 2.40. The molecule has 3 heterocycles. The summed E-state index contributed by atoms with van der Waals surface area (Å²) in [6.07, 6.45) is 4.45. The van der Waals surface area contributed by atoms with Crippen molar-refractivity contribution >= 4 is 40.2 Å². The van der Waals surface area contributed by atoms with Gasteiger partial charge in [0.2, 0.25) is 5.91 Å². The second-order valence-electron chi connectivity index (χ2n) is 10.3. The van der Waals surface area contributed by atoms with Gasteiger partial charge >= 0.3 is 0 Å². The second-order valence-corrected chi connectivity index (χ2v) is 10.7. The monoisotopic (exact) mass is 511 g/mol. The predicted molar refractivity (Wildman–Crippen MR) is 154 cm³/mol. The first-order chi connectivity index (χ1) is 17.7. The number of hydrogen-bond acceptors (Lipinski definition) is 4. The highest BCUT2D eigenvalue weighted by Crippen LogP contribution is 2.43. The molecular weight excluding hydrogens is 478 g/mol. The minimum Gasteiger partial charge on any atom is -0.366 e. The predicted octanol–water partition coefficient (Wildman–Crippen LogP) is 5.71. The molecule has 2 atom stereocenters. The number of hydrogen-bond donors (Lipinski definition) is 2.